The second-order valence-electron chi connectivity index (χ2n) is 5.30. The summed E-state index contributed by atoms with van der Waals surface area (Å²) in [4.78, 5) is 2.43. The number of hydrogen-bond acceptors (Lipinski definition) is 3. The van der Waals surface area contributed by atoms with E-state index in [1.807, 2.05) is 0 Å². The molecule has 18 heavy (non-hydrogen) atoms. The zero-order valence-electron chi connectivity index (χ0n) is 12.5. The summed E-state index contributed by atoms with van der Waals surface area (Å²) < 4.78 is 5.84. The lowest BCUT2D eigenvalue weighted by Gasteiger charge is -2.21. The Hall–Kier alpha value is -0.800. The van der Waals surface area contributed by atoms with E-state index in [0.29, 0.717) is 5.92 Å². The second-order valence-corrected chi connectivity index (χ2v) is 5.30. The van der Waals surface area contributed by atoms with Crippen LogP contribution in [-0.2, 0) is 13.1 Å². The SMILES string of the molecule is CCNCc1cc(CN(CC)CC(C)C)oc1C. The van der Waals surface area contributed by atoms with Gasteiger partial charge in [0.25, 0.3) is 0 Å². The van der Waals surface area contributed by atoms with Crippen molar-refractivity contribution < 1.29 is 4.42 Å². The molecule has 0 atom stereocenters. The zero-order chi connectivity index (χ0) is 13.5. The van der Waals surface area contributed by atoms with Gasteiger partial charge < -0.3 is 9.73 Å². The van der Waals surface area contributed by atoms with Gasteiger partial charge in [-0.3, -0.25) is 4.90 Å². The fourth-order valence-electron chi connectivity index (χ4n) is 2.14. The van der Waals surface area contributed by atoms with Gasteiger partial charge in [-0.15, -0.1) is 0 Å². The van der Waals surface area contributed by atoms with E-state index in [9.17, 15) is 0 Å². The van der Waals surface area contributed by atoms with Crippen molar-refractivity contribution in [3.05, 3.63) is 23.2 Å². The van der Waals surface area contributed by atoms with Crippen molar-refractivity contribution in [1.82, 2.24) is 10.2 Å². The Bertz CT molecular complexity index is 344. The molecule has 0 aliphatic carbocycles. The van der Waals surface area contributed by atoms with Gasteiger partial charge in [-0.1, -0.05) is 27.7 Å². The molecule has 1 heterocycles. The van der Waals surface area contributed by atoms with Crippen molar-refractivity contribution >= 4 is 0 Å². The molecule has 0 aromatic carbocycles. The van der Waals surface area contributed by atoms with Crippen LogP contribution >= 0.6 is 0 Å². The average molecular weight is 252 g/mol. The molecule has 1 aromatic rings. The Morgan fingerprint density at radius 2 is 2.06 bits per heavy atom. The predicted octanol–water partition coefficient (Wildman–Crippen LogP) is 3.18. The number of furan rings is 1. The molecule has 1 aromatic heterocycles. The number of hydrogen-bond donors (Lipinski definition) is 1. The summed E-state index contributed by atoms with van der Waals surface area (Å²) in [7, 11) is 0. The van der Waals surface area contributed by atoms with E-state index in [0.717, 1.165) is 44.2 Å². The Morgan fingerprint density at radius 1 is 1.33 bits per heavy atom. The summed E-state index contributed by atoms with van der Waals surface area (Å²) in [6, 6.07) is 2.20. The van der Waals surface area contributed by atoms with Crippen molar-refractivity contribution in [3.8, 4) is 0 Å². The molecule has 0 radical (unpaired) electrons. The molecule has 0 aliphatic rings. The first-order valence-corrected chi connectivity index (χ1v) is 7.08. The molecular weight excluding hydrogens is 224 g/mol. The Labute approximate surface area is 112 Å². The fraction of sp³-hybridized carbons (Fsp3) is 0.733. The van der Waals surface area contributed by atoms with Crippen molar-refractivity contribution in [2.45, 2.75) is 47.7 Å². The van der Waals surface area contributed by atoms with Crippen LogP contribution in [0.4, 0.5) is 0 Å². The first-order chi connectivity index (χ1) is 8.56. The van der Waals surface area contributed by atoms with Gasteiger partial charge in [-0.05, 0) is 32.0 Å². The molecule has 0 spiro atoms. The van der Waals surface area contributed by atoms with E-state index in [2.05, 4.69) is 50.9 Å². The van der Waals surface area contributed by atoms with Crippen LogP contribution in [-0.4, -0.2) is 24.5 Å². The van der Waals surface area contributed by atoms with E-state index in [-0.39, 0.29) is 0 Å². The van der Waals surface area contributed by atoms with Crippen LogP contribution in [0.3, 0.4) is 0 Å². The molecule has 3 heteroatoms. The first-order valence-electron chi connectivity index (χ1n) is 7.08. The summed E-state index contributed by atoms with van der Waals surface area (Å²) in [5, 5.41) is 3.34. The summed E-state index contributed by atoms with van der Waals surface area (Å²) in [6.07, 6.45) is 0. The molecule has 0 fully saturated rings. The Balaban J connectivity index is 2.60. The van der Waals surface area contributed by atoms with Crippen LogP contribution in [0.15, 0.2) is 10.5 Å². The van der Waals surface area contributed by atoms with E-state index >= 15 is 0 Å². The maximum Gasteiger partial charge on any atom is 0.118 e. The van der Waals surface area contributed by atoms with Crippen LogP contribution in [0.25, 0.3) is 0 Å². The molecule has 0 unspecified atom stereocenters. The van der Waals surface area contributed by atoms with Gasteiger partial charge in [0.05, 0.1) is 6.54 Å². The Morgan fingerprint density at radius 3 is 2.61 bits per heavy atom. The average Bonchev–Trinajstić information content (AvgIpc) is 2.65. The molecule has 1 N–H and O–H groups in total. The van der Waals surface area contributed by atoms with Gasteiger partial charge in [0, 0.05) is 18.7 Å². The number of rotatable bonds is 8. The number of nitrogens with one attached hydrogen (secondary N) is 1. The molecule has 104 valence electrons. The standard InChI is InChI=1S/C15H28N2O/c1-6-16-9-14-8-15(18-13(14)5)11-17(7-2)10-12(3)4/h8,12,16H,6-7,9-11H2,1-5H3. The largest absolute Gasteiger partial charge is 0.465 e. The summed E-state index contributed by atoms with van der Waals surface area (Å²) >= 11 is 0. The molecule has 0 saturated carbocycles. The minimum Gasteiger partial charge on any atom is -0.465 e. The third kappa shape index (κ3) is 4.83. The summed E-state index contributed by atoms with van der Waals surface area (Å²) in [6.45, 7) is 15.9. The van der Waals surface area contributed by atoms with Crippen molar-refractivity contribution in [1.29, 1.82) is 0 Å². The van der Waals surface area contributed by atoms with Gasteiger partial charge >= 0.3 is 0 Å². The minimum atomic E-state index is 0.697. The van der Waals surface area contributed by atoms with Gasteiger partial charge in [-0.2, -0.15) is 0 Å². The van der Waals surface area contributed by atoms with Crippen molar-refractivity contribution in [2.24, 2.45) is 5.92 Å². The number of aryl methyl sites for hydroxylation is 1. The smallest absolute Gasteiger partial charge is 0.118 e. The van der Waals surface area contributed by atoms with Crippen molar-refractivity contribution in [2.75, 3.05) is 19.6 Å². The number of nitrogens with zero attached hydrogens (tertiary/aromatic N) is 1. The maximum atomic E-state index is 5.84. The van der Waals surface area contributed by atoms with Crippen LogP contribution in [0, 0.1) is 12.8 Å². The third-order valence-corrected chi connectivity index (χ3v) is 3.09. The quantitative estimate of drug-likeness (QED) is 0.770. The van der Waals surface area contributed by atoms with Crippen LogP contribution in [0.1, 0.15) is 44.8 Å². The minimum absolute atomic E-state index is 0.697. The molecule has 3 nitrogen and oxygen atoms in total. The highest BCUT2D eigenvalue weighted by Crippen LogP contribution is 2.16. The van der Waals surface area contributed by atoms with Crippen LogP contribution < -0.4 is 5.32 Å². The molecule has 0 amide bonds. The lowest BCUT2D eigenvalue weighted by molar-refractivity contribution is 0.228. The van der Waals surface area contributed by atoms with Gasteiger partial charge in [0.15, 0.2) is 0 Å². The summed E-state index contributed by atoms with van der Waals surface area (Å²) in [5.41, 5.74) is 1.28. The van der Waals surface area contributed by atoms with E-state index < -0.39 is 0 Å². The van der Waals surface area contributed by atoms with Crippen LogP contribution in [0.5, 0.6) is 0 Å². The molecule has 0 saturated heterocycles. The predicted molar refractivity (Wildman–Crippen MR) is 76.6 cm³/mol. The highest BCUT2D eigenvalue weighted by atomic mass is 16.3. The van der Waals surface area contributed by atoms with Crippen LogP contribution in [0.2, 0.25) is 0 Å². The first kappa shape index (κ1) is 15.3. The normalized spacial score (nSPS) is 11.7. The van der Waals surface area contributed by atoms with E-state index in [1.165, 1.54) is 5.56 Å². The highest BCUT2D eigenvalue weighted by molar-refractivity contribution is 5.20. The van der Waals surface area contributed by atoms with Gasteiger partial charge in [0.2, 0.25) is 0 Å². The molecule has 0 aliphatic heterocycles. The van der Waals surface area contributed by atoms with Gasteiger partial charge in [0.1, 0.15) is 11.5 Å². The van der Waals surface area contributed by atoms with E-state index in [4.69, 9.17) is 4.42 Å². The van der Waals surface area contributed by atoms with Gasteiger partial charge in [-0.25, -0.2) is 0 Å². The lowest BCUT2D eigenvalue weighted by atomic mass is 10.2. The topological polar surface area (TPSA) is 28.4 Å². The fourth-order valence-corrected chi connectivity index (χ4v) is 2.14. The lowest BCUT2D eigenvalue weighted by Crippen LogP contribution is -2.26. The highest BCUT2D eigenvalue weighted by Gasteiger charge is 2.11. The summed E-state index contributed by atoms with van der Waals surface area (Å²) in [5.74, 6) is 2.83. The molecular formula is C15H28N2O. The molecule has 1 rings (SSSR count). The maximum absolute atomic E-state index is 5.84. The monoisotopic (exact) mass is 252 g/mol. The third-order valence-electron chi connectivity index (χ3n) is 3.09. The zero-order valence-corrected chi connectivity index (χ0v) is 12.5. The van der Waals surface area contributed by atoms with Crippen molar-refractivity contribution in [3.63, 3.8) is 0 Å². The Kier molecular flexibility index (Phi) is 6.44. The molecule has 0 bridgehead atoms. The van der Waals surface area contributed by atoms with E-state index in [1.54, 1.807) is 0 Å². The second kappa shape index (κ2) is 7.59.